The Hall–Kier alpha value is -1.45. The van der Waals surface area contributed by atoms with Crippen LogP contribution in [0.5, 0.6) is 0 Å². The SMILES string of the molecule is CNCc1cn[nH]c1S(=O)(=O)Nc1nc(C(C)C)cs1. The van der Waals surface area contributed by atoms with Gasteiger partial charge in [0.1, 0.15) is 0 Å². The van der Waals surface area contributed by atoms with Crippen molar-refractivity contribution in [2.75, 3.05) is 11.8 Å². The molecule has 0 saturated carbocycles. The normalized spacial score (nSPS) is 12.0. The number of nitrogens with one attached hydrogen (secondary N) is 3. The van der Waals surface area contributed by atoms with E-state index in [0.717, 1.165) is 5.69 Å². The summed E-state index contributed by atoms with van der Waals surface area (Å²) in [7, 11) is -1.95. The molecule has 0 atom stereocenters. The first-order valence-electron chi connectivity index (χ1n) is 6.09. The average molecular weight is 315 g/mol. The molecule has 2 aromatic heterocycles. The van der Waals surface area contributed by atoms with Gasteiger partial charge in [0.25, 0.3) is 10.0 Å². The number of thiazole rings is 1. The van der Waals surface area contributed by atoms with Gasteiger partial charge < -0.3 is 5.32 Å². The number of hydrogen-bond acceptors (Lipinski definition) is 6. The molecule has 0 amide bonds. The molecule has 7 nitrogen and oxygen atoms in total. The minimum absolute atomic E-state index is 0.0631. The van der Waals surface area contributed by atoms with Gasteiger partial charge in [0.2, 0.25) is 0 Å². The Kier molecular flexibility index (Phi) is 4.41. The summed E-state index contributed by atoms with van der Waals surface area (Å²) >= 11 is 1.27. The van der Waals surface area contributed by atoms with Gasteiger partial charge in [-0.05, 0) is 13.0 Å². The molecule has 0 radical (unpaired) electrons. The molecule has 9 heteroatoms. The molecule has 2 heterocycles. The zero-order valence-electron chi connectivity index (χ0n) is 11.5. The smallest absolute Gasteiger partial charge is 0.280 e. The first-order chi connectivity index (χ1) is 9.44. The quantitative estimate of drug-likeness (QED) is 0.750. The number of rotatable bonds is 6. The maximum atomic E-state index is 12.3. The fourth-order valence-corrected chi connectivity index (χ4v) is 3.87. The van der Waals surface area contributed by atoms with E-state index in [0.29, 0.717) is 17.2 Å². The predicted octanol–water partition coefficient (Wildman–Crippen LogP) is 1.51. The number of aromatic nitrogens is 3. The van der Waals surface area contributed by atoms with Crippen LogP contribution < -0.4 is 10.0 Å². The highest BCUT2D eigenvalue weighted by Crippen LogP contribution is 2.24. The summed E-state index contributed by atoms with van der Waals surface area (Å²) in [5.41, 5.74) is 1.45. The first kappa shape index (κ1) is 14.9. The van der Waals surface area contributed by atoms with Crippen LogP contribution in [0.2, 0.25) is 0 Å². The van der Waals surface area contributed by atoms with E-state index in [4.69, 9.17) is 0 Å². The van der Waals surface area contributed by atoms with E-state index < -0.39 is 10.0 Å². The van der Waals surface area contributed by atoms with Crippen molar-refractivity contribution in [3.05, 3.63) is 22.8 Å². The summed E-state index contributed by atoms with van der Waals surface area (Å²) in [4.78, 5) is 4.26. The molecular weight excluding hydrogens is 298 g/mol. The zero-order valence-corrected chi connectivity index (χ0v) is 13.1. The molecule has 0 unspecified atom stereocenters. The summed E-state index contributed by atoms with van der Waals surface area (Å²) in [6, 6.07) is 0. The van der Waals surface area contributed by atoms with Crippen molar-refractivity contribution in [3.8, 4) is 0 Å². The fourth-order valence-electron chi connectivity index (χ4n) is 1.61. The molecule has 0 aliphatic carbocycles. The molecule has 0 bridgehead atoms. The summed E-state index contributed by atoms with van der Waals surface area (Å²) in [6.07, 6.45) is 1.49. The third-order valence-electron chi connectivity index (χ3n) is 2.65. The molecule has 0 spiro atoms. The second kappa shape index (κ2) is 5.90. The highest BCUT2D eigenvalue weighted by Gasteiger charge is 2.22. The molecule has 0 aliphatic rings. The van der Waals surface area contributed by atoms with Crippen LogP contribution in [0.1, 0.15) is 31.0 Å². The molecule has 20 heavy (non-hydrogen) atoms. The Balaban J connectivity index is 2.24. The number of H-pyrrole nitrogens is 1. The van der Waals surface area contributed by atoms with E-state index in [1.54, 1.807) is 7.05 Å². The van der Waals surface area contributed by atoms with E-state index in [2.05, 4.69) is 25.2 Å². The summed E-state index contributed by atoms with van der Waals surface area (Å²) in [5.74, 6) is 0.261. The van der Waals surface area contributed by atoms with Crippen molar-refractivity contribution in [2.24, 2.45) is 0 Å². The molecule has 0 aromatic carbocycles. The van der Waals surface area contributed by atoms with Crippen LogP contribution in [0.4, 0.5) is 5.13 Å². The van der Waals surface area contributed by atoms with Crippen molar-refractivity contribution in [1.29, 1.82) is 0 Å². The van der Waals surface area contributed by atoms with Crippen LogP contribution in [-0.4, -0.2) is 30.6 Å². The number of hydrogen-bond donors (Lipinski definition) is 3. The molecule has 0 saturated heterocycles. The highest BCUT2D eigenvalue weighted by atomic mass is 32.2. The van der Waals surface area contributed by atoms with Crippen LogP contribution >= 0.6 is 11.3 Å². The van der Waals surface area contributed by atoms with E-state index in [1.165, 1.54) is 17.5 Å². The number of nitrogens with zero attached hydrogens (tertiary/aromatic N) is 2. The maximum Gasteiger partial charge on any atom is 0.280 e. The standard InChI is InChI=1S/C11H17N5O2S2/c1-7(2)9-6-19-11(14-9)16-20(17,18)10-8(4-12-3)5-13-15-10/h5-7,12H,4H2,1-3H3,(H,13,15)(H,14,16). The van der Waals surface area contributed by atoms with E-state index in [9.17, 15) is 8.42 Å². The fraction of sp³-hybridized carbons (Fsp3) is 0.455. The number of anilines is 1. The van der Waals surface area contributed by atoms with Crippen molar-refractivity contribution >= 4 is 26.5 Å². The first-order valence-corrected chi connectivity index (χ1v) is 8.45. The summed E-state index contributed by atoms with van der Waals surface area (Å²) in [5, 5.41) is 11.5. The van der Waals surface area contributed by atoms with Gasteiger partial charge in [-0.1, -0.05) is 13.8 Å². The second-order valence-corrected chi connectivity index (χ2v) is 7.07. The lowest BCUT2D eigenvalue weighted by atomic mass is 10.2. The van der Waals surface area contributed by atoms with Gasteiger partial charge in [0.15, 0.2) is 10.2 Å². The van der Waals surface area contributed by atoms with Crippen LogP contribution in [0, 0.1) is 0 Å². The Bertz CT molecular complexity index is 675. The average Bonchev–Trinajstić information content (AvgIpc) is 2.98. The molecule has 3 N–H and O–H groups in total. The third kappa shape index (κ3) is 3.17. The maximum absolute atomic E-state index is 12.3. The van der Waals surface area contributed by atoms with Gasteiger partial charge in [0, 0.05) is 17.5 Å². The number of aromatic amines is 1. The van der Waals surface area contributed by atoms with Gasteiger partial charge >= 0.3 is 0 Å². The van der Waals surface area contributed by atoms with Gasteiger partial charge in [0.05, 0.1) is 11.9 Å². The van der Waals surface area contributed by atoms with E-state index >= 15 is 0 Å². The summed E-state index contributed by atoms with van der Waals surface area (Å²) in [6.45, 7) is 4.43. The molecular formula is C11H17N5O2S2. The van der Waals surface area contributed by atoms with Gasteiger partial charge in [-0.3, -0.25) is 9.82 Å². The Morgan fingerprint density at radius 2 is 2.20 bits per heavy atom. The molecule has 2 rings (SSSR count). The molecule has 0 fully saturated rings. The van der Waals surface area contributed by atoms with Crippen molar-refractivity contribution in [3.63, 3.8) is 0 Å². The van der Waals surface area contributed by atoms with Gasteiger partial charge in [-0.25, -0.2) is 4.98 Å². The van der Waals surface area contributed by atoms with Crippen LogP contribution in [0.25, 0.3) is 0 Å². The predicted molar refractivity (Wildman–Crippen MR) is 78.4 cm³/mol. The Morgan fingerprint density at radius 1 is 1.45 bits per heavy atom. The minimum Gasteiger partial charge on any atom is -0.316 e. The topological polar surface area (TPSA) is 99.8 Å². The lowest BCUT2D eigenvalue weighted by molar-refractivity contribution is 0.595. The van der Waals surface area contributed by atoms with Gasteiger partial charge in [-0.15, -0.1) is 11.3 Å². The largest absolute Gasteiger partial charge is 0.316 e. The monoisotopic (exact) mass is 315 g/mol. The molecule has 0 aliphatic heterocycles. The number of sulfonamides is 1. The zero-order chi connectivity index (χ0) is 14.8. The lowest BCUT2D eigenvalue weighted by Gasteiger charge is -2.05. The Labute approximate surface area is 121 Å². The van der Waals surface area contributed by atoms with Gasteiger partial charge in [-0.2, -0.15) is 13.5 Å². The lowest BCUT2D eigenvalue weighted by Crippen LogP contribution is -2.17. The van der Waals surface area contributed by atoms with E-state index in [1.807, 2.05) is 19.2 Å². The van der Waals surface area contributed by atoms with E-state index in [-0.39, 0.29) is 10.9 Å². The van der Waals surface area contributed by atoms with Crippen molar-refractivity contribution < 1.29 is 8.42 Å². The Morgan fingerprint density at radius 3 is 2.80 bits per heavy atom. The van der Waals surface area contributed by atoms with Crippen LogP contribution in [0.3, 0.4) is 0 Å². The summed E-state index contributed by atoms with van der Waals surface area (Å²) < 4.78 is 27.1. The molecule has 2 aromatic rings. The minimum atomic E-state index is -3.70. The van der Waals surface area contributed by atoms with Crippen molar-refractivity contribution in [2.45, 2.75) is 31.3 Å². The van der Waals surface area contributed by atoms with Crippen LogP contribution in [-0.2, 0) is 16.6 Å². The second-order valence-electron chi connectivity index (χ2n) is 4.59. The third-order valence-corrected chi connectivity index (χ3v) is 4.91. The van der Waals surface area contributed by atoms with Crippen molar-refractivity contribution in [1.82, 2.24) is 20.5 Å². The molecule has 110 valence electrons. The highest BCUT2D eigenvalue weighted by molar-refractivity contribution is 7.92. The van der Waals surface area contributed by atoms with Crippen LogP contribution in [0.15, 0.2) is 16.6 Å².